The van der Waals surface area contributed by atoms with Crippen LogP contribution in [0.5, 0.6) is 0 Å². The number of fused-ring (bicyclic) bond motifs is 1. The van der Waals surface area contributed by atoms with E-state index < -0.39 is 85.3 Å². The Hall–Kier alpha value is 3.70. The molecule has 0 radical (unpaired) electrons. The number of unbranched alkanes of at least 4 members (excludes halogenated alkanes) is 1. The van der Waals surface area contributed by atoms with E-state index in [1.54, 1.807) is 0 Å². The summed E-state index contributed by atoms with van der Waals surface area (Å²) in [6.45, 7) is -1.20. The summed E-state index contributed by atoms with van der Waals surface area (Å²) >= 11 is 0. The molecule has 56 heavy (non-hydrogen) atoms. The largest absolute Gasteiger partial charge is 1.00 e. The molecule has 31 heteroatoms. The number of imidazole rings is 1. The van der Waals surface area contributed by atoms with E-state index >= 15 is 0 Å². The zero-order valence-corrected chi connectivity index (χ0v) is 46.2. The minimum absolute atomic E-state index is 0. The van der Waals surface area contributed by atoms with Gasteiger partial charge in [0.1, 0.15) is 48.5 Å². The molecular weight excluding hydrogens is 873 g/mol. The van der Waals surface area contributed by atoms with Crippen molar-refractivity contribution >= 4 is 40.4 Å². The van der Waals surface area contributed by atoms with Gasteiger partial charge in [-0.25, -0.2) is 15.0 Å². The van der Waals surface area contributed by atoms with Crippen LogP contribution in [0.4, 0.5) is 5.82 Å². The Bertz CT molecular complexity index is 1760. The van der Waals surface area contributed by atoms with Crippen LogP contribution in [0.3, 0.4) is 0 Å². The summed E-state index contributed by atoms with van der Waals surface area (Å²) in [5, 5.41) is 21.0. The monoisotopic (exact) mass is 903 g/mol. The van der Waals surface area contributed by atoms with Crippen molar-refractivity contribution in [3.63, 3.8) is 0 Å². The third kappa shape index (κ3) is 17.6. The fraction of sp³-hybridized carbons (Fsp3) is 0.560. The van der Waals surface area contributed by atoms with Crippen molar-refractivity contribution in [3.8, 4) is 0 Å². The summed E-state index contributed by atoms with van der Waals surface area (Å²) in [4.78, 5) is 82.1. The van der Waals surface area contributed by atoms with Crippen molar-refractivity contribution < 1.29 is 258 Å². The van der Waals surface area contributed by atoms with Gasteiger partial charge in [0.2, 0.25) is 0 Å². The summed E-state index contributed by atoms with van der Waals surface area (Å²) in [7, 11) is -17.9. The van der Waals surface area contributed by atoms with Gasteiger partial charge in [-0.3, -0.25) is 4.57 Å². The molecule has 2 aliphatic rings. The zero-order valence-electron chi connectivity index (χ0n) is 31.5. The predicted molar refractivity (Wildman–Crippen MR) is 152 cm³/mol. The van der Waals surface area contributed by atoms with Crippen LogP contribution in [0.15, 0.2) is 43.0 Å². The average molecular weight is 903 g/mol. The number of hydrogen-bond acceptors (Lipinski definition) is 21. The van der Waals surface area contributed by atoms with Crippen molar-refractivity contribution in [3.05, 3.63) is 48.5 Å². The first kappa shape index (κ1) is 61.8. The molecule has 5 rings (SSSR count). The molecule has 0 saturated carbocycles. The number of aryl methyl sites for hydroxylation is 1. The summed E-state index contributed by atoms with van der Waals surface area (Å²) in [6, 6.07) is 9.38. The number of hydrogen-bond donors (Lipinski definition) is 3. The van der Waals surface area contributed by atoms with E-state index in [0.717, 1.165) is 18.2 Å². The van der Waals surface area contributed by atoms with E-state index in [9.17, 15) is 53.3 Å². The molecular formula is C25H30N5Na6O17P3. The molecule has 0 unspecified atom stereocenters. The third-order valence-electron chi connectivity index (χ3n) is 7.83. The molecule has 0 aliphatic carbocycles. The summed E-state index contributed by atoms with van der Waals surface area (Å²) in [5.74, 6) is -0.0564. The van der Waals surface area contributed by atoms with E-state index in [0.29, 0.717) is 19.3 Å². The molecule has 22 nitrogen and oxygen atoms in total. The maximum Gasteiger partial charge on any atom is 1.00 e. The van der Waals surface area contributed by atoms with Gasteiger partial charge in [0, 0.05) is 0 Å². The number of nitrogens with two attached hydrogens (primary N) is 1. The maximum atomic E-state index is 12.1. The van der Waals surface area contributed by atoms with E-state index in [1.807, 2.05) is 30.3 Å². The minimum Gasteiger partial charge on any atom is -0.790 e. The molecule has 278 valence electrons. The second-order valence-electron chi connectivity index (χ2n) is 11.2. The van der Waals surface area contributed by atoms with Crippen LogP contribution in [-0.2, 0) is 47.9 Å². The number of aliphatic hydroxyl groups excluding tert-OH is 2. The van der Waals surface area contributed by atoms with Crippen LogP contribution >= 0.6 is 23.5 Å². The van der Waals surface area contributed by atoms with Crippen LogP contribution in [0, 0.1) is 0 Å². The molecule has 2 saturated heterocycles. The first-order valence-electron chi connectivity index (χ1n) is 14.8. The smallest absolute Gasteiger partial charge is 0.790 e. The molecule has 9 atom stereocenters. The van der Waals surface area contributed by atoms with Crippen molar-refractivity contribution in [1.29, 1.82) is 0 Å². The Kier molecular flexibility index (Phi) is 30.1. The number of phosphoric ester groups is 3. The molecule has 4 N–H and O–H groups in total. The van der Waals surface area contributed by atoms with Gasteiger partial charge < -0.3 is 86.8 Å². The summed E-state index contributed by atoms with van der Waals surface area (Å²) < 4.78 is 67.2. The maximum absolute atomic E-state index is 12.1. The quantitative estimate of drug-likeness (QED) is 0.0724. The first-order chi connectivity index (χ1) is 23.4. The number of rotatable bonds is 15. The van der Waals surface area contributed by atoms with E-state index in [2.05, 4.69) is 24.0 Å². The van der Waals surface area contributed by atoms with Gasteiger partial charge in [-0.05, 0) is 24.8 Å². The molecule has 2 fully saturated rings. The Morgan fingerprint density at radius 3 is 1.89 bits per heavy atom. The number of aliphatic hydroxyl groups is 2. The molecule has 0 spiro atoms. The fourth-order valence-corrected chi connectivity index (χ4v) is 7.44. The Morgan fingerprint density at radius 2 is 1.32 bits per heavy atom. The van der Waals surface area contributed by atoms with Gasteiger partial charge in [-0.2, -0.15) is 0 Å². The molecule has 4 heterocycles. The van der Waals surface area contributed by atoms with Gasteiger partial charge >= 0.3 is 177 Å². The molecule has 1 aromatic carbocycles. The predicted octanol–water partition coefficient (Wildman–Crippen LogP) is -22.2. The van der Waals surface area contributed by atoms with E-state index in [-0.39, 0.29) is 201 Å². The number of nitrogen functional groups attached to an aromatic ring is 1. The fourth-order valence-electron chi connectivity index (χ4n) is 5.82. The van der Waals surface area contributed by atoms with Crippen molar-refractivity contribution in [2.75, 3.05) is 12.3 Å². The summed E-state index contributed by atoms with van der Waals surface area (Å²) in [5.41, 5.74) is 6.99. The van der Waals surface area contributed by atoms with Crippen molar-refractivity contribution in [2.45, 2.75) is 80.9 Å². The zero-order chi connectivity index (χ0) is 36.4. The van der Waals surface area contributed by atoms with Crippen molar-refractivity contribution in [2.24, 2.45) is 0 Å². The summed E-state index contributed by atoms with van der Waals surface area (Å²) in [6.07, 6.45) is -13.9. The number of anilines is 1. The number of nitrogens with zero attached hydrogens (tertiary/aromatic N) is 4. The number of aromatic nitrogens is 4. The molecule has 0 amide bonds. The Balaban J connectivity index is 0. The van der Waals surface area contributed by atoms with Crippen molar-refractivity contribution in [1.82, 2.24) is 19.5 Å². The Labute approximate surface area is 453 Å². The van der Waals surface area contributed by atoms with Crippen LogP contribution < -0.4 is 212 Å². The number of phosphoric acid groups is 3. The average Bonchev–Trinajstić information content (AvgIpc) is 3.59. The second kappa shape index (κ2) is 27.2. The first-order valence-corrected chi connectivity index (χ1v) is 19.2. The second-order valence-corrected chi connectivity index (χ2v) is 14.6. The normalized spacial score (nSPS) is 26.3. The topological polar surface area (TPSA) is 355 Å². The third-order valence-corrected chi connectivity index (χ3v) is 9.34. The molecule has 3 aromatic rings. The number of benzene rings is 1. The van der Waals surface area contributed by atoms with Gasteiger partial charge in [0.15, 0.2) is 24.0 Å². The SMILES string of the molecule is Nc1ncnc2c1ncn2[C@@H]1O[C@H](CCCCc2ccccc2)[C@@H](O[C@H]2O[C@H](CO)[C@@H](OP(=O)([O-])[O-])[C@H](OP(=O)([O-])[O-])[C@H]2O)[C@H]1OP(=O)([O-])[O-].[Na+].[Na+].[Na+].[Na+].[Na+].[Na+]. The van der Waals surface area contributed by atoms with Gasteiger partial charge in [-0.15, -0.1) is 0 Å². The van der Waals surface area contributed by atoms with E-state index in [1.165, 1.54) is 4.57 Å². The van der Waals surface area contributed by atoms with Crippen LogP contribution in [0.25, 0.3) is 11.2 Å². The van der Waals surface area contributed by atoms with Gasteiger partial charge in [0.25, 0.3) is 0 Å². The molecule has 2 aliphatic heterocycles. The van der Waals surface area contributed by atoms with Crippen LogP contribution in [0.1, 0.15) is 31.1 Å². The molecule has 0 bridgehead atoms. The van der Waals surface area contributed by atoms with Gasteiger partial charge in [-0.1, -0.05) is 36.8 Å². The van der Waals surface area contributed by atoms with Crippen LogP contribution in [-0.4, -0.2) is 85.4 Å². The minimum atomic E-state index is -6.07. The standard InChI is InChI=1S/C25H36N5O17P3.6Na/c26-22-16-23(28-11-27-22)30(12-29-16)24-21(47-50(39,40)41)18(14(42-24)9-5-4-8-13-6-2-1-3-7-13)44-25-17(32)20(46-49(36,37)38)19(15(10-31)43-25)45-48(33,34)35;;;;;;/h1-3,6-7,11-12,14-15,17-21,24-25,31-32H,4-5,8-10H2,(H2,26,27,28)(H2,33,34,35)(H2,36,37,38)(H2,39,40,41);;;;;;/q;6*+1/p-6/t14-,15-,17-,18-,19-,20-,21-,24-,25-;;;;;;/m1....../s1. The van der Waals surface area contributed by atoms with Crippen LogP contribution in [0.2, 0.25) is 0 Å². The van der Waals surface area contributed by atoms with Gasteiger partial charge in [0.05, 0.1) is 42.5 Å². The van der Waals surface area contributed by atoms with E-state index in [4.69, 9.17) is 24.5 Å². The Morgan fingerprint density at radius 1 is 0.750 bits per heavy atom. The molecule has 2 aromatic heterocycles. The number of ether oxygens (including phenoxy) is 3.